The average Bonchev–Trinajstić information content (AvgIpc) is 3.21. The molecule has 152 valence electrons. The van der Waals surface area contributed by atoms with Crippen molar-refractivity contribution in [3.63, 3.8) is 0 Å². The highest BCUT2D eigenvalue weighted by Crippen LogP contribution is 2.25. The lowest BCUT2D eigenvalue weighted by Gasteiger charge is -2.16. The maximum atomic E-state index is 12.9. The third-order valence-corrected chi connectivity index (χ3v) is 6.72. The fourth-order valence-corrected chi connectivity index (χ4v) is 4.91. The first kappa shape index (κ1) is 19.9. The molecule has 0 bridgehead atoms. The zero-order chi connectivity index (χ0) is 21.1. The van der Waals surface area contributed by atoms with E-state index in [0.717, 1.165) is 16.3 Å². The van der Waals surface area contributed by atoms with Gasteiger partial charge in [-0.3, -0.25) is 4.79 Å². The minimum Gasteiger partial charge on any atom is -0.459 e. The van der Waals surface area contributed by atoms with Crippen LogP contribution in [0.3, 0.4) is 0 Å². The molecule has 0 spiro atoms. The molecule has 0 saturated heterocycles. The monoisotopic (exact) mass is 419 g/mol. The molecule has 5 nitrogen and oxygen atoms in total. The standard InChI is InChI=1S/C24H21NO4S/c1-17(21-13-7-9-18-8-5-6-12-22(18)21)25-24(26)23-19(14-15-29-23)16-30(27,28)20-10-3-2-4-11-20/h2-15,17H,16H2,1H3,(H,25,26). The second kappa shape index (κ2) is 8.16. The fourth-order valence-electron chi connectivity index (χ4n) is 3.53. The number of amides is 1. The SMILES string of the molecule is CC(NC(=O)c1occc1CS(=O)(=O)c1ccccc1)c1cccc2ccccc12. The van der Waals surface area contributed by atoms with Crippen molar-refractivity contribution in [2.45, 2.75) is 23.6 Å². The van der Waals surface area contributed by atoms with Gasteiger partial charge in [-0.2, -0.15) is 0 Å². The van der Waals surface area contributed by atoms with Gasteiger partial charge in [0.25, 0.3) is 5.91 Å². The van der Waals surface area contributed by atoms with Gasteiger partial charge in [0, 0.05) is 5.56 Å². The number of hydrogen-bond donors (Lipinski definition) is 1. The molecule has 1 amide bonds. The van der Waals surface area contributed by atoms with Crippen molar-refractivity contribution in [1.29, 1.82) is 0 Å². The largest absolute Gasteiger partial charge is 0.459 e. The van der Waals surface area contributed by atoms with Gasteiger partial charge in [-0.05, 0) is 41.5 Å². The predicted octanol–water partition coefficient (Wildman–Crippen LogP) is 4.90. The molecule has 4 aromatic rings. The number of nitrogens with one attached hydrogen (secondary N) is 1. The molecule has 0 saturated carbocycles. The summed E-state index contributed by atoms with van der Waals surface area (Å²) < 4.78 is 30.7. The molecule has 3 aromatic carbocycles. The highest BCUT2D eigenvalue weighted by Gasteiger charge is 2.23. The quantitative estimate of drug-likeness (QED) is 0.482. The summed E-state index contributed by atoms with van der Waals surface area (Å²) in [5, 5.41) is 5.07. The lowest BCUT2D eigenvalue weighted by atomic mass is 9.99. The van der Waals surface area contributed by atoms with E-state index in [-0.39, 0.29) is 22.5 Å². The molecule has 0 radical (unpaired) electrons. The Labute approximate surface area is 175 Å². The summed E-state index contributed by atoms with van der Waals surface area (Å²) in [6, 6.07) is 23.3. The summed E-state index contributed by atoms with van der Waals surface area (Å²) in [4.78, 5) is 13.1. The zero-order valence-electron chi connectivity index (χ0n) is 16.4. The van der Waals surface area contributed by atoms with E-state index in [1.807, 2.05) is 49.4 Å². The average molecular weight is 420 g/mol. The van der Waals surface area contributed by atoms with Crippen LogP contribution < -0.4 is 5.32 Å². The molecule has 0 aliphatic carbocycles. The number of carbonyl (C=O) groups is 1. The lowest BCUT2D eigenvalue weighted by Crippen LogP contribution is -2.27. The van der Waals surface area contributed by atoms with Gasteiger partial charge in [-0.15, -0.1) is 0 Å². The van der Waals surface area contributed by atoms with Gasteiger partial charge < -0.3 is 9.73 Å². The first-order chi connectivity index (χ1) is 14.5. The van der Waals surface area contributed by atoms with Crippen molar-refractivity contribution >= 4 is 26.5 Å². The summed E-state index contributed by atoms with van der Waals surface area (Å²) >= 11 is 0. The molecule has 0 fully saturated rings. The van der Waals surface area contributed by atoms with Gasteiger partial charge in [0.05, 0.1) is 23.0 Å². The number of sulfone groups is 1. The number of fused-ring (bicyclic) bond motifs is 1. The Morgan fingerprint density at radius 3 is 2.43 bits per heavy atom. The number of carbonyl (C=O) groups excluding carboxylic acids is 1. The summed E-state index contributed by atoms with van der Waals surface area (Å²) in [7, 11) is -3.59. The molecule has 1 aromatic heterocycles. The molecule has 1 unspecified atom stereocenters. The van der Waals surface area contributed by atoms with Gasteiger partial charge in [-0.1, -0.05) is 60.7 Å². The number of hydrogen-bond acceptors (Lipinski definition) is 4. The van der Waals surface area contributed by atoms with Crippen molar-refractivity contribution in [2.24, 2.45) is 0 Å². The Balaban J connectivity index is 1.56. The van der Waals surface area contributed by atoms with Crippen molar-refractivity contribution < 1.29 is 17.6 Å². The number of rotatable bonds is 6. The summed E-state index contributed by atoms with van der Waals surface area (Å²) in [6.07, 6.45) is 1.34. The van der Waals surface area contributed by atoms with Gasteiger partial charge >= 0.3 is 0 Å². The molecule has 1 atom stereocenters. The third kappa shape index (κ3) is 4.00. The van der Waals surface area contributed by atoms with Crippen LogP contribution in [-0.4, -0.2) is 14.3 Å². The second-order valence-corrected chi connectivity index (χ2v) is 9.10. The summed E-state index contributed by atoms with van der Waals surface area (Å²) in [6.45, 7) is 1.89. The van der Waals surface area contributed by atoms with E-state index >= 15 is 0 Å². The normalized spacial score (nSPS) is 12.6. The van der Waals surface area contributed by atoms with E-state index in [2.05, 4.69) is 5.32 Å². The van der Waals surface area contributed by atoms with Gasteiger partial charge in [0.2, 0.25) is 0 Å². The molecule has 6 heteroatoms. The minimum absolute atomic E-state index is 0.0154. The van der Waals surface area contributed by atoms with Crippen LogP contribution in [0, 0.1) is 0 Å². The molecule has 4 rings (SSSR count). The Bertz CT molecular complexity index is 1290. The van der Waals surface area contributed by atoms with E-state index in [4.69, 9.17) is 4.42 Å². The van der Waals surface area contributed by atoms with Crippen LogP contribution in [0.5, 0.6) is 0 Å². The van der Waals surface area contributed by atoms with Crippen LogP contribution in [0.1, 0.15) is 34.6 Å². The molecule has 1 heterocycles. The van der Waals surface area contributed by atoms with E-state index in [9.17, 15) is 13.2 Å². The smallest absolute Gasteiger partial charge is 0.287 e. The van der Waals surface area contributed by atoms with Crippen LogP contribution in [0.2, 0.25) is 0 Å². The third-order valence-electron chi connectivity index (χ3n) is 5.04. The molecular formula is C24H21NO4S. The summed E-state index contributed by atoms with van der Waals surface area (Å²) in [5.41, 5.74) is 1.31. The zero-order valence-corrected chi connectivity index (χ0v) is 17.2. The van der Waals surface area contributed by atoms with E-state index in [1.54, 1.807) is 18.2 Å². The van der Waals surface area contributed by atoms with Crippen molar-refractivity contribution in [3.8, 4) is 0 Å². The van der Waals surface area contributed by atoms with Crippen molar-refractivity contribution in [1.82, 2.24) is 5.32 Å². The van der Waals surface area contributed by atoms with Gasteiger partial charge in [-0.25, -0.2) is 8.42 Å². The van der Waals surface area contributed by atoms with Crippen LogP contribution in [-0.2, 0) is 15.6 Å². The second-order valence-electron chi connectivity index (χ2n) is 7.11. The first-order valence-electron chi connectivity index (χ1n) is 9.58. The summed E-state index contributed by atoms with van der Waals surface area (Å²) in [5.74, 6) is -0.737. The fraction of sp³-hybridized carbons (Fsp3) is 0.125. The molecule has 0 aliphatic heterocycles. The molecule has 1 N–H and O–H groups in total. The van der Waals surface area contributed by atoms with Crippen molar-refractivity contribution in [2.75, 3.05) is 0 Å². The van der Waals surface area contributed by atoms with E-state index in [0.29, 0.717) is 5.56 Å². The first-order valence-corrected chi connectivity index (χ1v) is 11.2. The van der Waals surface area contributed by atoms with Crippen LogP contribution in [0.15, 0.2) is 94.4 Å². The van der Waals surface area contributed by atoms with Crippen molar-refractivity contribution in [3.05, 3.63) is 102 Å². The molecule has 0 aliphatic rings. The Morgan fingerprint density at radius 1 is 0.933 bits per heavy atom. The topological polar surface area (TPSA) is 76.4 Å². The maximum absolute atomic E-state index is 12.9. The van der Waals surface area contributed by atoms with Gasteiger partial charge in [0.15, 0.2) is 15.6 Å². The van der Waals surface area contributed by atoms with Crippen LogP contribution in [0.25, 0.3) is 10.8 Å². The number of benzene rings is 3. The Hall–Kier alpha value is -3.38. The van der Waals surface area contributed by atoms with Gasteiger partial charge in [0.1, 0.15) is 0 Å². The number of furan rings is 1. The molecular weight excluding hydrogens is 398 g/mol. The predicted molar refractivity (Wildman–Crippen MR) is 116 cm³/mol. The van der Waals surface area contributed by atoms with E-state index < -0.39 is 15.7 Å². The Kier molecular flexibility index (Phi) is 5.42. The highest BCUT2D eigenvalue weighted by molar-refractivity contribution is 7.90. The minimum atomic E-state index is -3.59. The Morgan fingerprint density at radius 2 is 1.63 bits per heavy atom. The molecule has 30 heavy (non-hydrogen) atoms. The lowest BCUT2D eigenvalue weighted by molar-refractivity contribution is 0.0911. The van der Waals surface area contributed by atoms with Crippen LogP contribution >= 0.6 is 0 Å². The van der Waals surface area contributed by atoms with E-state index in [1.165, 1.54) is 24.5 Å². The highest BCUT2D eigenvalue weighted by atomic mass is 32.2. The van der Waals surface area contributed by atoms with Crippen LogP contribution in [0.4, 0.5) is 0 Å². The maximum Gasteiger partial charge on any atom is 0.287 e.